The number of hydrogen-bond acceptors (Lipinski definition) is 2. The van der Waals surface area contributed by atoms with E-state index in [0.29, 0.717) is 13.4 Å². The summed E-state index contributed by atoms with van der Waals surface area (Å²) in [7, 11) is 0. The Bertz CT molecular complexity index is 305. The van der Waals surface area contributed by atoms with E-state index in [4.69, 9.17) is 9.47 Å². The van der Waals surface area contributed by atoms with Crippen molar-refractivity contribution in [1.82, 2.24) is 0 Å². The SMILES string of the molecule is C=Cc1ccc2c(c1)COCO2. The van der Waals surface area contributed by atoms with Gasteiger partial charge in [-0.05, 0) is 17.7 Å². The molecule has 2 nitrogen and oxygen atoms in total. The van der Waals surface area contributed by atoms with Crippen LogP contribution in [0, 0.1) is 0 Å². The van der Waals surface area contributed by atoms with Crippen LogP contribution >= 0.6 is 0 Å². The second kappa shape index (κ2) is 2.99. The van der Waals surface area contributed by atoms with Crippen LogP contribution < -0.4 is 4.74 Å². The molecule has 0 aromatic heterocycles. The highest BCUT2D eigenvalue weighted by Gasteiger charge is 2.09. The molecule has 2 rings (SSSR count). The van der Waals surface area contributed by atoms with E-state index in [1.807, 2.05) is 24.3 Å². The van der Waals surface area contributed by atoms with Crippen molar-refractivity contribution in [2.45, 2.75) is 6.61 Å². The molecule has 0 spiro atoms. The molecule has 0 fully saturated rings. The van der Waals surface area contributed by atoms with E-state index in [0.717, 1.165) is 16.9 Å². The maximum absolute atomic E-state index is 5.27. The van der Waals surface area contributed by atoms with Crippen molar-refractivity contribution >= 4 is 6.08 Å². The first-order chi connectivity index (χ1) is 5.90. The van der Waals surface area contributed by atoms with E-state index in [9.17, 15) is 0 Å². The highest BCUT2D eigenvalue weighted by Crippen LogP contribution is 2.24. The summed E-state index contributed by atoms with van der Waals surface area (Å²) in [6.45, 7) is 4.70. The second-order valence-corrected chi connectivity index (χ2v) is 2.68. The number of ether oxygens (including phenoxy) is 2. The minimum absolute atomic E-state index is 0.362. The van der Waals surface area contributed by atoms with Crippen LogP contribution in [0.1, 0.15) is 11.1 Å². The van der Waals surface area contributed by atoms with Gasteiger partial charge in [-0.25, -0.2) is 0 Å². The standard InChI is InChI=1S/C10H10O2/c1-2-8-3-4-10-9(5-8)6-11-7-12-10/h2-5H,1,6-7H2. The van der Waals surface area contributed by atoms with Gasteiger partial charge in [-0.2, -0.15) is 0 Å². The molecule has 0 unspecified atom stereocenters. The fourth-order valence-corrected chi connectivity index (χ4v) is 1.24. The predicted octanol–water partition coefficient (Wildman–Crippen LogP) is 2.20. The molecule has 0 atom stereocenters. The predicted molar refractivity (Wildman–Crippen MR) is 46.8 cm³/mol. The summed E-state index contributed by atoms with van der Waals surface area (Å²) in [5.41, 5.74) is 2.20. The van der Waals surface area contributed by atoms with Crippen LogP contribution in [0.2, 0.25) is 0 Å². The van der Waals surface area contributed by atoms with Crippen LogP contribution in [0.3, 0.4) is 0 Å². The molecule has 0 saturated heterocycles. The molecule has 0 aliphatic carbocycles. The maximum Gasteiger partial charge on any atom is 0.189 e. The molecule has 0 bridgehead atoms. The minimum atomic E-state index is 0.362. The molecular weight excluding hydrogens is 152 g/mol. The zero-order chi connectivity index (χ0) is 8.39. The van der Waals surface area contributed by atoms with E-state index in [1.54, 1.807) is 0 Å². The Morgan fingerprint density at radius 3 is 3.17 bits per heavy atom. The summed E-state index contributed by atoms with van der Waals surface area (Å²) in [6.07, 6.45) is 1.81. The summed E-state index contributed by atoms with van der Waals surface area (Å²) < 4.78 is 10.4. The molecule has 1 aromatic carbocycles. The van der Waals surface area contributed by atoms with Gasteiger partial charge >= 0.3 is 0 Å². The molecule has 0 N–H and O–H groups in total. The van der Waals surface area contributed by atoms with Gasteiger partial charge in [-0.1, -0.05) is 18.7 Å². The van der Waals surface area contributed by atoms with Crippen LogP contribution in [0.25, 0.3) is 6.08 Å². The first-order valence-corrected chi connectivity index (χ1v) is 3.86. The largest absolute Gasteiger partial charge is 0.467 e. The Labute approximate surface area is 71.4 Å². The average molecular weight is 162 g/mol. The smallest absolute Gasteiger partial charge is 0.189 e. The Morgan fingerprint density at radius 1 is 1.42 bits per heavy atom. The molecule has 1 aliphatic rings. The average Bonchev–Trinajstić information content (AvgIpc) is 2.17. The Hall–Kier alpha value is -1.28. The van der Waals surface area contributed by atoms with Crippen molar-refractivity contribution in [1.29, 1.82) is 0 Å². The molecule has 0 radical (unpaired) electrons. The summed E-state index contributed by atoms with van der Waals surface area (Å²) in [5.74, 6) is 0.923. The summed E-state index contributed by atoms with van der Waals surface area (Å²) in [4.78, 5) is 0. The van der Waals surface area contributed by atoms with Crippen LogP contribution in [0.4, 0.5) is 0 Å². The lowest BCUT2D eigenvalue weighted by Crippen LogP contribution is -2.10. The zero-order valence-electron chi connectivity index (χ0n) is 6.75. The van der Waals surface area contributed by atoms with Gasteiger partial charge in [-0.15, -0.1) is 0 Å². The zero-order valence-corrected chi connectivity index (χ0v) is 6.75. The minimum Gasteiger partial charge on any atom is -0.467 e. The van der Waals surface area contributed by atoms with Crippen molar-refractivity contribution < 1.29 is 9.47 Å². The van der Waals surface area contributed by atoms with Gasteiger partial charge in [0.05, 0.1) is 6.61 Å². The van der Waals surface area contributed by atoms with E-state index in [-0.39, 0.29) is 0 Å². The number of fused-ring (bicyclic) bond motifs is 1. The summed E-state index contributed by atoms with van der Waals surface area (Å²) >= 11 is 0. The van der Waals surface area contributed by atoms with Gasteiger partial charge in [0, 0.05) is 5.56 Å². The summed E-state index contributed by atoms with van der Waals surface area (Å²) in [6, 6.07) is 5.97. The van der Waals surface area contributed by atoms with Crippen molar-refractivity contribution in [3.05, 3.63) is 35.9 Å². The molecule has 1 aliphatic heterocycles. The molecule has 12 heavy (non-hydrogen) atoms. The number of rotatable bonds is 1. The van der Waals surface area contributed by atoms with Crippen LogP contribution in [-0.2, 0) is 11.3 Å². The Morgan fingerprint density at radius 2 is 2.33 bits per heavy atom. The fraction of sp³-hybridized carbons (Fsp3) is 0.200. The van der Waals surface area contributed by atoms with Crippen molar-refractivity contribution in [3.63, 3.8) is 0 Å². The van der Waals surface area contributed by atoms with Gasteiger partial charge < -0.3 is 9.47 Å². The molecule has 62 valence electrons. The van der Waals surface area contributed by atoms with Gasteiger partial charge in [0.15, 0.2) is 6.79 Å². The third kappa shape index (κ3) is 1.21. The van der Waals surface area contributed by atoms with Crippen LogP contribution in [-0.4, -0.2) is 6.79 Å². The topological polar surface area (TPSA) is 18.5 Å². The van der Waals surface area contributed by atoms with Crippen LogP contribution in [0.15, 0.2) is 24.8 Å². The maximum atomic E-state index is 5.27. The van der Waals surface area contributed by atoms with E-state index < -0.39 is 0 Å². The van der Waals surface area contributed by atoms with Crippen molar-refractivity contribution in [2.24, 2.45) is 0 Å². The summed E-state index contributed by atoms with van der Waals surface area (Å²) in [5, 5.41) is 0. The highest BCUT2D eigenvalue weighted by atomic mass is 16.7. The first-order valence-electron chi connectivity index (χ1n) is 3.86. The lowest BCUT2D eigenvalue weighted by Gasteiger charge is -2.17. The Balaban J connectivity index is 2.42. The molecular formula is C10H10O2. The van der Waals surface area contributed by atoms with Crippen molar-refractivity contribution in [2.75, 3.05) is 6.79 Å². The third-order valence-electron chi connectivity index (χ3n) is 1.88. The lowest BCUT2D eigenvalue weighted by atomic mass is 10.1. The van der Waals surface area contributed by atoms with Gasteiger partial charge in [0.2, 0.25) is 0 Å². The fourth-order valence-electron chi connectivity index (χ4n) is 1.24. The van der Waals surface area contributed by atoms with E-state index >= 15 is 0 Å². The second-order valence-electron chi connectivity index (χ2n) is 2.68. The monoisotopic (exact) mass is 162 g/mol. The number of hydrogen-bond donors (Lipinski definition) is 0. The first kappa shape index (κ1) is 7.37. The van der Waals surface area contributed by atoms with Gasteiger partial charge in [-0.3, -0.25) is 0 Å². The van der Waals surface area contributed by atoms with Gasteiger partial charge in [0.1, 0.15) is 5.75 Å². The van der Waals surface area contributed by atoms with E-state index in [1.165, 1.54) is 0 Å². The molecule has 0 amide bonds. The van der Waals surface area contributed by atoms with Crippen LogP contribution in [0.5, 0.6) is 5.75 Å². The Kier molecular flexibility index (Phi) is 1.84. The third-order valence-corrected chi connectivity index (χ3v) is 1.88. The molecule has 2 heteroatoms. The van der Waals surface area contributed by atoms with E-state index in [2.05, 4.69) is 6.58 Å². The van der Waals surface area contributed by atoms with Crippen molar-refractivity contribution in [3.8, 4) is 5.75 Å². The quantitative estimate of drug-likeness (QED) is 0.630. The molecule has 1 aromatic rings. The molecule has 0 saturated carbocycles. The molecule has 1 heterocycles. The lowest BCUT2D eigenvalue weighted by molar-refractivity contribution is -0.0163. The van der Waals surface area contributed by atoms with Gasteiger partial charge in [0.25, 0.3) is 0 Å². The number of benzene rings is 1. The highest BCUT2D eigenvalue weighted by molar-refractivity contribution is 5.51. The normalized spacial score (nSPS) is 14.7.